The second kappa shape index (κ2) is 6.76. The predicted octanol–water partition coefficient (Wildman–Crippen LogP) is 2.92. The summed E-state index contributed by atoms with van der Waals surface area (Å²) in [6.45, 7) is 11.2. The summed E-state index contributed by atoms with van der Waals surface area (Å²) < 4.78 is 5.91. The first kappa shape index (κ1) is 14.9. The number of rotatable bonds is 7. The van der Waals surface area contributed by atoms with Crippen LogP contribution >= 0.6 is 0 Å². The van der Waals surface area contributed by atoms with Crippen molar-refractivity contribution in [3.8, 4) is 0 Å². The van der Waals surface area contributed by atoms with Crippen molar-refractivity contribution in [3.63, 3.8) is 0 Å². The first-order valence-electron chi connectivity index (χ1n) is 8.09. The molecule has 19 heavy (non-hydrogen) atoms. The summed E-state index contributed by atoms with van der Waals surface area (Å²) in [7, 11) is 0. The zero-order valence-electron chi connectivity index (χ0n) is 12.9. The van der Waals surface area contributed by atoms with E-state index >= 15 is 0 Å². The highest BCUT2D eigenvalue weighted by Gasteiger charge is 2.44. The van der Waals surface area contributed by atoms with Gasteiger partial charge in [0.25, 0.3) is 0 Å². The Labute approximate surface area is 118 Å². The Morgan fingerprint density at radius 3 is 2.42 bits per heavy atom. The van der Waals surface area contributed by atoms with Crippen LogP contribution < -0.4 is 5.32 Å². The second-order valence-corrected chi connectivity index (χ2v) is 5.74. The fourth-order valence-corrected chi connectivity index (χ4v) is 3.85. The first-order chi connectivity index (χ1) is 9.28. The van der Waals surface area contributed by atoms with Gasteiger partial charge in [0, 0.05) is 12.0 Å². The minimum Gasteiger partial charge on any atom is -0.496 e. The molecule has 3 nitrogen and oxygen atoms in total. The van der Waals surface area contributed by atoms with Gasteiger partial charge in [0.05, 0.1) is 12.6 Å². The van der Waals surface area contributed by atoms with E-state index in [0.717, 1.165) is 19.6 Å². The topological polar surface area (TPSA) is 24.5 Å². The van der Waals surface area contributed by atoms with Gasteiger partial charge in [-0.2, -0.15) is 0 Å². The van der Waals surface area contributed by atoms with Crippen molar-refractivity contribution >= 4 is 0 Å². The van der Waals surface area contributed by atoms with Crippen molar-refractivity contribution in [2.45, 2.75) is 64.5 Å². The highest BCUT2D eigenvalue weighted by Crippen LogP contribution is 2.35. The lowest BCUT2D eigenvalue weighted by Gasteiger charge is -2.47. The first-order valence-corrected chi connectivity index (χ1v) is 8.09. The lowest BCUT2D eigenvalue weighted by Crippen LogP contribution is -2.60. The monoisotopic (exact) mass is 266 g/mol. The van der Waals surface area contributed by atoms with Crippen molar-refractivity contribution in [2.75, 3.05) is 26.2 Å². The molecule has 2 rings (SSSR count). The fraction of sp³-hybridized carbons (Fsp3) is 0.875. The number of likely N-dealkylation sites (tertiary alicyclic amines) is 1. The van der Waals surface area contributed by atoms with Gasteiger partial charge in [-0.3, -0.25) is 4.90 Å². The summed E-state index contributed by atoms with van der Waals surface area (Å²) in [6, 6.07) is 0.355. The Morgan fingerprint density at radius 1 is 1.26 bits per heavy atom. The standard InChI is InChI=1S/C16H30N2O/c1-4-16(5-2,18-11-7-8-12-18)15(17-6-3)14-10-9-13-19-14/h10,15,17H,4-9,11-13H2,1-3H3. The lowest BCUT2D eigenvalue weighted by molar-refractivity contribution is 0.0515. The molecule has 2 aliphatic rings. The third-order valence-corrected chi connectivity index (χ3v) is 4.92. The molecule has 0 bridgehead atoms. The fourth-order valence-electron chi connectivity index (χ4n) is 3.85. The van der Waals surface area contributed by atoms with E-state index in [0.29, 0.717) is 6.04 Å². The summed E-state index contributed by atoms with van der Waals surface area (Å²) in [5.41, 5.74) is 0.225. The Kier molecular flexibility index (Phi) is 5.28. The summed E-state index contributed by atoms with van der Waals surface area (Å²) in [4.78, 5) is 2.71. The van der Waals surface area contributed by atoms with E-state index in [-0.39, 0.29) is 5.54 Å². The molecule has 0 radical (unpaired) electrons. The normalized spacial score (nSPS) is 22.4. The molecule has 1 saturated heterocycles. The average Bonchev–Trinajstić information content (AvgIpc) is 3.13. The van der Waals surface area contributed by atoms with Crippen molar-refractivity contribution < 1.29 is 4.74 Å². The summed E-state index contributed by atoms with van der Waals surface area (Å²) in [5, 5.41) is 3.71. The summed E-state index contributed by atoms with van der Waals surface area (Å²) >= 11 is 0. The van der Waals surface area contributed by atoms with Crippen LogP contribution in [0.25, 0.3) is 0 Å². The van der Waals surface area contributed by atoms with Gasteiger partial charge in [-0.1, -0.05) is 20.8 Å². The second-order valence-electron chi connectivity index (χ2n) is 5.74. The van der Waals surface area contributed by atoms with E-state index in [2.05, 4.69) is 37.1 Å². The number of ether oxygens (including phenoxy) is 1. The van der Waals surface area contributed by atoms with Crippen LogP contribution in [0.1, 0.15) is 52.9 Å². The molecular formula is C16H30N2O. The number of hydrogen-bond acceptors (Lipinski definition) is 3. The molecular weight excluding hydrogens is 236 g/mol. The third-order valence-electron chi connectivity index (χ3n) is 4.92. The van der Waals surface area contributed by atoms with Crippen molar-refractivity contribution in [2.24, 2.45) is 0 Å². The number of likely N-dealkylation sites (N-methyl/N-ethyl adjacent to an activating group) is 1. The Hall–Kier alpha value is -0.540. The van der Waals surface area contributed by atoms with Crippen LogP contribution in [0.15, 0.2) is 11.8 Å². The van der Waals surface area contributed by atoms with Crippen molar-refractivity contribution in [1.82, 2.24) is 10.2 Å². The predicted molar refractivity (Wildman–Crippen MR) is 80.2 cm³/mol. The minimum absolute atomic E-state index is 0.225. The summed E-state index contributed by atoms with van der Waals surface area (Å²) in [6.07, 6.45) is 8.43. The average molecular weight is 266 g/mol. The quantitative estimate of drug-likeness (QED) is 0.767. The molecule has 0 aromatic rings. The molecule has 0 aromatic carbocycles. The molecule has 0 amide bonds. The van der Waals surface area contributed by atoms with E-state index in [9.17, 15) is 0 Å². The van der Waals surface area contributed by atoms with Crippen LogP contribution in [-0.2, 0) is 4.74 Å². The molecule has 3 heteroatoms. The van der Waals surface area contributed by atoms with Gasteiger partial charge in [-0.05, 0) is 51.4 Å². The van der Waals surface area contributed by atoms with Crippen molar-refractivity contribution in [3.05, 3.63) is 11.8 Å². The van der Waals surface area contributed by atoms with Gasteiger partial charge in [-0.15, -0.1) is 0 Å². The maximum Gasteiger partial charge on any atom is 0.111 e. The van der Waals surface area contributed by atoms with E-state index in [4.69, 9.17) is 4.74 Å². The molecule has 0 saturated carbocycles. The maximum atomic E-state index is 5.91. The molecule has 1 N–H and O–H groups in total. The Morgan fingerprint density at radius 2 is 1.95 bits per heavy atom. The van der Waals surface area contributed by atoms with Gasteiger partial charge < -0.3 is 10.1 Å². The molecule has 0 aromatic heterocycles. The molecule has 110 valence electrons. The van der Waals surface area contributed by atoms with Gasteiger partial charge >= 0.3 is 0 Å². The SMILES string of the molecule is CCNC(C1=CCCO1)C(CC)(CC)N1CCCC1. The van der Waals surface area contributed by atoms with Crippen molar-refractivity contribution in [1.29, 1.82) is 0 Å². The van der Waals surface area contributed by atoms with Gasteiger partial charge in [0.1, 0.15) is 5.76 Å². The third kappa shape index (κ3) is 2.82. The molecule has 0 aliphatic carbocycles. The number of nitrogens with zero attached hydrogens (tertiary/aromatic N) is 1. The van der Waals surface area contributed by atoms with E-state index < -0.39 is 0 Å². The highest BCUT2D eigenvalue weighted by molar-refractivity contribution is 5.17. The smallest absolute Gasteiger partial charge is 0.111 e. The highest BCUT2D eigenvalue weighted by atomic mass is 16.5. The number of hydrogen-bond donors (Lipinski definition) is 1. The molecule has 0 spiro atoms. The van der Waals surface area contributed by atoms with Crippen LogP contribution in [0, 0.1) is 0 Å². The molecule has 1 unspecified atom stereocenters. The van der Waals surface area contributed by atoms with Gasteiger partial charge in [0.2, 0.25) is 0 Å². The molecule has 1 fully saturated rings. The Bertz CT molecular complexity index is 304. The van der Waals surface area contributed by atoms with Crippen LogP contribution in [0.4, 0.5) is 0 Å². The van der Waals surface area contributed by atoms with Crippen LogP contribution in [-0.4, -0.2) is 42.7 Å². The van der Waals surface area contributed by atoms with Gasteiger partial charge in [-0.25, -0.2) is 0 Å². The van der Waals surface area contributed by atoms with E-state index in [1.165, 1.54) is 44.5 Å². The van der Waals surface area contributed by atoms with Crippen LogP contribution in [0.3, 0.4) is 0 Å². The van der Waals surface area contributed by atoms with E-state index in [1.54, 1.807) is 0 Å². The largest absolute Gasteiger partial charge is 0.496 e. The lowest BCUT2D eigenvalue weighted by atomic mass is 9.81. The zero-order chi connectivity index (χ0) is 13.7. The molecule has 2 aliphatic heterocycles. The maximum absolute atomic E-state index is 5.91. The number of nitrogens with one attached hydrogen (secondary N) is 1. The molecule has 1 atom stereocenters. The van der Waals surface area contributed by atoms with Gasteiger partial charge in [0.15, 0.2) is 0 Å². The van der Waals surface area contributed by atoms with E-state index in [1.807, 2.05) is 0 Å². The Balaban J connectivity index is 2.26. The zero-order valence-corrected chi connectivity index (χ0v) is 12.9. The summed E-state index contributed by atoms with van der Waals surface area (Å²) in [5.74, 6) is 1.19. The van der Waals surface area contributed by atoms with Crippen LogP contribution in [0.5, 0.6) is 0 Å². The van der Waals surface area contributed by atoms with Crippen LogP contribution in [0.2, 0.25) is 0 Å². The minimum atomic E-state index is 0.225. The molecule has 2 heterocycles.